The third-order valence-electron chi connectivity index (χ3n) is 2.83. The molecule has 1 fully saturated rings. The zero-order valence-corrected chi connectivity index (χ0v) is 8.78. The maximum atomic E-state index is 11.4. The molecular weight excluding hydrogens is 192 g/mol. The SMILES string of the molecule is C#CCC(N)C(=O)NCC1CCCC1O. The van der Waals surface area contributed by atoms with Crippen LogP contribution in [0.2, 0.25) is 0 Å². The van der Waals surface area contributed by atoms with Crippen LogP contribution in [0.3, 0.4) is 0 Å². The van der Waals surface area contributed by atoms with E-state index in [0.717, 1.165) is 19.3 Å². The molecule has 0 aromatic rings. The highest BCUT2D eigenvalue weighted by atomic mass is 16.3. The Hall–Kier alpha value is -1.05. The minimum Gasteiger partial charge on any atom is -0.393 e. The van der Waals surface area contributed by atoms with Gasteiger partial charge in [0.1, 0.15) is 0 Å². The van der Waals surface area contributed by atoms with Gasteiger partial charge in [-0.2, -0.15) is 0 Å². The molecule has 84 valence electrons. The minimum atomic E-state index is -0.631. The van der Waals surface area contributed by atoms with Crippen LogP contribution in [0.4, 0.5) is 0 Å². The Bertz CT molecular complexity index is 260. The summed E-state index contributed by atoms with van der Waals surface area (Å²) in [6, 6.07) is -0.631. The number of nitrogens with one attached hydrogen (secondary N) is 1. The van der Waals surface area contributed by atoms with Crippen LogP contribution in [0, 0.1) is 18.3 Å². The van der Waals surface area contributed by atoms with Gasteiger partial charge in [-0.15, -0.1) is 12.3 Å². The maximum absolute atomic E-state index is 11.4. The van der Waals surface area contributed by atoms with Gasteiger partial charge in [0.05, 0.1) is 12.1 Å². The molecule has 4 heteroatoms. The predicted octanol–water partition coefficient (Wildman–Crippen LogP) is -0.386. The molecule has 1 aliphatic carbocycles. The molecule has 0 heterocycles. The minimum absolute atomic E-state index is 0.173. The standard InChI is InChI=1S/C11H18N2O2/c1-2-4-9(12)11(15)13-7-8-5-3-6-10(8)14/h1,8-10,14H,3-7,12H2,(H,13,15). The van der Waals surface area contributed by atoms with Crippen molar-refractivity contribution in [2.45, 2.75) is 37.8 Å². The highest BCUT2D eigenvalue weighted by Gasteiger charge is 2.25. The van der Waals surface area contributed by atoms with Crippen LogP contribution in [0.25, 0.3) is 0 Å². The summed E-state index contributed by atoms with van der Waals surface area (Å²) in [5.41, 5.74) is 5.53. The van der Waals surface area contributed by atoms with Crippen molar-refractivity contribution in [3.63, 3.8) is 0 Å². The average molecular weight is 210 g/mol. The van der Waals surface area contributed by atoms with E-state index in [1.165, 1.54) is 0 Å². The van der Waals surface area contributed by atoms with E-state index in [-0.39, 0.29) is 24.3 Å². The summed E-state index contributed by atoms with van der Waals surface area (Å²) in [5.74, 6) is 2.29. The fourth-order valence-corrected chi connectivity index (χ4v) is 1.84. The van der Waals surface area contributed by atoms with Crippen molar-refractivity contribution < 1.29 is 9.90 Å². The lowest BCUT2D eigenvalue weighted by Crippen LogP contribution is -2.43. The summed E-state index contributed by atoms with van der Waals surface area (Å²) < 4.78 is 0. The molecule has 0 bridgehead atoms. The number of hydrogen-bond acceptors (Lipinski definition) is 3. The summed E-state index contributed by atoms with van der Waals surface area (Å²) in [6.07, 6.45) is 7.84. The summed E-state index contributed by atoms with van der Waals surface area (Å²) in [4.78, 5) is 11.4. The van der Waals surface area contributed by atoms with Gasteiger partial charge in [-0.3, -0.25) is 4.79 Å². The van der Waals surface area contributed by atoms with Crippen molar-refractivity contribution in [3.8, 4) is 12.3 Å². The lowest BCUT2D eigenvalue weighted by molar-refractivity contribution is -0.122. The van der Waals surface area contributed by atoms with Crippen LogP contribution in [-0.4, -0.2) is 29.7 Å². The van der Waals surface area contributed by atoms with Crippen molar-refractivity contribution in [1.29, 1.82) is 0 Å². The van der Waals surface area contributed by atoms with Gasteiger partial charge in [0.15, 0.2) is 0 Å². The fourth-order valence-electron chi connectivity index (χ4n) is 1.84. The molecule has 1 rings (SSSR count). The second-order valence-electron chi connectivity index (χ2n) is 4.02. The highest BCUT2D eigenvalue weighted by molar-refractivity contribution is 5.81. The van der Waals surface area contributed by atoms with Crippen LogP contribution in [0.15, 0.2) is 0 Å². The topological polar surface area (TPSA) is 75.4 Å². The first kappa shape index (κ1) is 12.0. The van der Waals surface area contributed by atoms with Crippen LogP contribution >= 0.6 is 0 Å². The Labute approximate surface area is 90.2 Å². The van der Waals surface area contributed by atoms with Gasteiger partial charge in [-0.25, -0.2) is 0 Å². The van der Waals surface area contributed by atoms with Gasteiger partial charge >= 0.3 is 0 Å². The van der Waals surface area contributed by atoms with Crippen LogP contribution < -0.4 is 11.1 Å². The number of terminal acetylenes is 1. The molecule has 4 nitrogen and oxygen atoms in total. The molecule has 0 radical (unpaired) electrons. The van der Waals surface area contributed by atoms with Gasteiger partial charge < -0.3 is 16.2 Å². The Kier molecular flexibility index (Phi) is 4.60. The number of amides is 1. The Morgan fingerprint density at radius 3 is 2.93 bits per heavy atom. The first-order valence-corrected chi connectivity index (χ1v) is 5.30. The van der Waals surface area contributed by atoms with Gasteiger partial charge in [0.25, 0.3) is 0 Å². The van der Waals surface area contributed by atoms with Crippen molar-refractivity contribution in [2.24, 2.45) is 11.7 Å². The first-order valence-electron chi connectivity index (χ1n) is 5.30. The highest BCUT2D eigenvalue weighted by Crippen LogP contribution is 2.24. The molecule has 1 amide bonds. The summed E-state index contributed by atoms with van der Waals surface area (Å²) >= 11 is 0. The number of aliphatic hydroxyl groups excluding tert-OH is 1. The second kappa shape index (κ2) is 5.74. The molecule has 15 heavy (non-hydrogen) atoms. The number of hydrogen-bond donors (Lipinski definition) is 3. The monoisotopic (exact) mass is 210 g/mol. The summed E-state index contributed by atoms with van der Waals surface area (Å²) in [6.45, 7) is 0.498. The normalized spacial score (nSPS) is 27.0. The largest absolute Gasteiger partial charge is 0.393 e. The van der Waals surface area contributed by atoms with E-state index in [1.807, 2.05) is 0 Å². The lowest BCUT2D eigenvalue weighted by Gasteiger charge is -2.16. The fraction of sp³-hybridized carbons (Fsp3) is 0.727. The summed E-state index contributed by atoms with van der Waals surface area (Å²) in [5, 5.41) is 12.2. The van der Waals surface area contributed by atoms with Gasteiger partial charge in [0.2, 0.25) is 5.91 Å². The molecule has 4 N–H and O–H groups in total. The second-order valence-corrected chi connectivity index (χ2v) is 4.02. The first-order chi connectivity index (χ1) is 7.15. The third kappa shape index (κ3) is 3.54. The average Bonchev–Trinajstić information content (AvgIpc) is 2.61. The van der Waals surface area contributed by atoms with Gasteiger partial charge in [-0.05, 0) is 12.8 Å². The smallest absolute Gasteiger partial charge is 0.237 e. The predicted molar refractivity (Wildman–Crippen MR) is 57.8 cm³/mol. The molecule has 0 aliphatic heterocycles. The zero-order valence-electron chi connectivity index (χ0n) is 8.78. The van der Waals surface area contributed by atoms with E-state index in [9.17, 15) is 9.90 Å². The maximum Gasteiger partial charge on any atom is 0.237 e. The molecule has 1 saturated carbocycles. The Morgan fingerprint density at radius 2 is 2.40 bits per heavy atom. The molecule has 0 aromatic heterocycles. The molecular formula is C11H18N2O2. The van der Waals surface area contributed by atoms with Crippen molar-refractivity contribution >= 4 is 5.91 Å². The molecule has 3 unspecified atom stereocenters. The van der Waals surface area contributed by atoms with Crippen LogP contribution in [0.5, 0.6) is 0 Å². The van der Waals surface area contributed by atoms with Crippen molar-refractivity contribution in [2.75, 3.05) is 6.54 Å². The number of carbonyl (C=O) groups excluding carboxylic acids is 1. The third-order valence-corrected chi connectivity index (χ3v) is 2.83. The molecule has 1 aliphatic rings. The van der Waals surface area contributed by atoms with E-state index < -0.39 is 6.04 Å². The number of aliphatic hydroxyl groups is 1. The quantitative estimate of drug-likeness (QED) is 0.553. The zero-order chi connectivity index (χ0) is 11.3. The van der Waals surface area contributed by atoms with Crippen LogP contribution in [0.1, 0.15) is 25.7 Å². The lowest BCUT2D eigenvalue weighted by atomic mass is 10.1. The summed E-state index contributed by atoms with van der Waals surface area (Å²) in [7, 11) is 0. The number of carbonyl (C=O) groups is 1. The van der Waals surface area contributed by atoms with E-state index in [4.69, 9.17) is 12.2 Å². The van der Waals surface area contributed by atoms with Gasteiger partial charge in [-0.1, -0.05) is 6.42 Å². The number of rotatable bonds is 4. The molecule has 0 spiro atoms. The molecule has 3 atom stereocenters. The van der Waals surface area contributed by atoms with Crippen LogP contribution in [-0.2, 0) is 4.79 Å². The van der Waals surface area contributed by atoms with Crippen molar-refractivity contribution in [1.82, 2.24) is 5.32 Å². The molecule has 0 saturated heterocycles. The van der Waals surface area contributed by atoms with E-state index in [0.29, 0.717) is 6.54 Å². The van der Waals surface area contributed by atoms with E-state index in [1.54, 1.807) is 0 Å². The van der Waals surface area contributed by atoms with E-state index in [2.05, 4.69) is 11.2 Å². The van der Waals surface area contributed by atoms with Gasteiger partial charge in [0, 0.05) is 18.9 Å². The molecule has 0 aromatic carbocycles. The Balaban J connectivity index is 2.25. The number of nitrogens with two attached hydrogens (primary N) is 1. The van der Waals surface area contributed by atoms with Crippen molar-refractivity contribution in [3.05, 3.63) is 0 Å². The Morgan fingerprint density at radius 1 is 1.67 bits per heavy atom. The van der Waals surface area contributed by atoms with E-state index >= 15 is 0 Å².